The molecule has 0 amide bonds. The van der Waals surface area contributed by atoms with Crippen LogP contribution in [0.1, 0.15) is 67.8 Å². The second kappa shape index (κ2) is 7.30. The van der Waals surface area contributed by atoms with Crippen LogP contribution in [0.2, 0.25) is 0 Å². The SMILES string of the molecule is CCn1cccc1C(=O)c1ccc2n1CCCCC2C(=O)OC(C)C. The van der Waals surface area contributed by atoms with Gasteiger partial charge in [-0.25, -0.2) is 0 Å². The Morgan fingerprint density at radius 3 is 2.72 bits per heavy atom. The molecule has 3 heterocycles. The highest BCUT2D eigenvalue weighted by Gasteiger charge is 2.30. The Hall–Kier alpha value is -2.30. The van der Waals surface area contributed by atoms with Crippen molar-refractivity contribution >= 4 is 11.8 Å². The molecule has 5 nitrogen and oxygen atoms in total. The second-order valence-corrected chi connectivity index (χ2v) is 6.84. The third-order valence-corrected chi connectivity index (χ3v) is 4.77. The first-order valence-electron chi connectivity index (χ1n) is 9.12. The summed E-state index contributed by atoms with van der Waals surface area (Å²) in [5.41, 5.74) is 2.25. The molecule has 3 rings (SSSR count). The van der Waals surface area contributed by atoms with Crippen molar-refractivity contribution in [1.82, 2.24) is 9.13 Å². The van der Waals surface area contributed by atoms with Gasteiger partial charge in [0.2, 0.25) is 5.78 Å². The minimum Gasteiger partial charge on any atom is -0.462 e. The van der Waals surface area contributed by atoms with Crippen LogP contribution >= 0.6 is 0 Å². The number of fused-ring (bicyclic) bond motifs is 1. The minimum absolute atomic E-state index is 0.0102. The van der Waals surface area contributed by atoms with Gasteiger partial charge in [0.1, 0.15) is 0 Å². The Bertz CT molecular complexity index is 770. The van der Waals surface area contributed by atoms with Crippen molar-refractivity contribution in [3.05, 3.63) is 47.5 Å². The summed E-state index contributed by atoms with van der Waals surface area (Å²) in [4.78, 5) is 25.5. The van der Waals surface area contributed by atoms with Crippen molar-refractivity contribution in [3.8, 4) is 0 Å². The van der Waals surface area contributed by atoms with Crippen LogP contribution in [0.25, 0.3) is 0 Å². The van der Waals surface area contributed by atoms with E-state index in [-0.39, 0.29) is 23.8 Å². The fourth-order valence-corrected chi connectivity index (χ4v) is 3.58. The number of hydrogen-bond acceptors (Lipinski definition) is 3. The van der Waals surface area contributed by atoms with E-state index in [9.17, 15) is 9.59 Å². The molecule has 0 bridgehead atoms. The molecule has 1 atom stereocenters. The quantitative estimate of drug-likeness (QED) is 0.614. The third kappa shape index (κ3) is 3.41. The monoisotopic (exact) mass is 342 g/mol. The number of aryl methyl sites for hydroxylation is 1. The number of esters is 1. The molecule has 0 aliphatic carbocycles. The Labute approximate surface area is 148 Å². The van der Waals surface area contributed by atoms with Crippen LogP contribution in [0.4, 0.5) is 0 Å². The number of aromatic nitrogens is 2. The number of carbonyl (C=O) groups is 2. The van der Waals surface area contributed by atoms with E-state index < -0.39 is 0 Å². The average Bonchev–Trinajstić information content (AvgIpc) is 3.16. The van der Waals surface area contributed by atoms with Gasteiger partial charge in [0.25, 0.3) is 0 Å². The first-order chi connectivity index (χ1) is 12.0. The van der Waals surface area contributed by atoms with E-state index in [1.54, 1.807) is 0 Å². The van der Waals surface area contributed by atoms with Crippen molar-refractivity contribution in [2.24, 2.45) is 0 Å². The van der Waals surface area contributed by atoms with E-state index in [1.807, 2.05) is 60.4 Å². The molecule has 5 heteroatoms. The van der Waals surface area contributed by atoms with Gasteiger partial charge >= 0.3 is 5.97 Å². The van der Waals surface area contributed by atoms with Crippen LogP contribution < -0.4 is 0 Å². The summed E-state index contributed by atoms with van der Waals surface area (Å²) >= 11 is 0. The molecule has 0 saturated carbocycles. The molecule has 1 unspecified atom stereocenters. The number of rotatable bonds is 5. The third-order valence-electron chi connectivity index (χ3n) is 4.77. The summed E-state index contributed by atoms with van der Waals surface area (Å²) < 4.78 is 9.41. The summed E-state index contributed by atoms with van der Waals surface area (Å²) in [6.45, 7) is 7.27. The van der Waals surface area contributed by atoms with E-state index in [0.717, 1.165) is 38.0 Å². The van der Waals surface area contributed by atoms with Gasteiger partial charge in [0.05, 0.1) is 23.4 Å². The maximum absolute atomic E-state index is 13.0. The zero-order valence-corrected chi connectivity index (χ0v) is 15.2. The van der Waals surface area contributed by atoms with Crippen molar-refractivity contribution < 1.29 is 14.3 Å². The fraction of sp³-hybridized carbons (Fsp3) is 0.500. The predicted molar refractivity (Wildman–Crippen MR) is 95.8 cm³/mol. The van der Waals surface area contributed by atoms with Gasteiger partial charge in [-0.05, 0) is 57.9 Å². The lowest BCUT2D eigenvalue weighted by molar-refractivity contribution is -0.149. The molecule has 0 N–H and O–H groups in total. The molecule has 1 aliphatic heterocycles. The molecule has 0 fully saturated rings. The summed E-state index contributed by atoms with van der Waals surface area (Å²) in [5.74, 6) is -0.465. The number of ketones is 1. The number of ether oxygens (including phenoxy) is 1. The average molecular weight is 342 g/mol. The Kier molecular flexibility index (Phi) is 5.11. The Morgan fingerprint density at radius 2 is 2.00 bits per heavy atom. The van der Waals surface area contributed by atoms with Crippen LogP contribution in [0.15, 0.2) is 30.5 Å². The molecule has 0 spiro atoms. The normalized spacial score (nSPS) is 17.2. The molecule has 2 aromatic rings. The zero-order valence-electron chi connectivity index (χ0n) is 15.2. The number of nitrogens with zero attached hydrogens (tertiary/aromatic N) is 2. The van der Waals surface area contributed by atoms with Crippen LogP contribution in [0.5, 0.6) is 0 Å². The molecular formula is C20H26N2O3. The van der Waals surface area contributed by atoms with Crippen molar-refractivity contribution in [3.63, 3.8) is 0 Å². The highest BCUT2D eigenvalue weighted by Crippen LogP contribution is 2.31. The maximum Gasteiger partial charge on any atom is 0.315 e. The van der Waals surface area contributed by atoms with Crippen LogP contribution in [-0.2, 0) is 22.6 Å². The van der Waals surface area contributed by atoms with E-state index >= 15 is 0 Å². The second-order valence-electron chi connectivity index (χ2n) is 6.84. The number of carbonyl (C=O) groups excluding carboxylic acids is 2. The van der Waals surface area contributed by atoms with Crippen LogP contribution in [-0.4, -0.2) is 27.0 Å². The predicted octanol–water partition coefficient (Wildman–Crippen LogP) is 3.76. The van der Waals surface area contributed by atoms with Crippen LogP contribution in [0, 0.1) is 0 Å². The lowest BCUT2D eigenvalue weighted by Gasteiger charge is -2.18. The highest BCUT2D eigenvalue weighted by atomic mass is 16.5. The molecule has 1 aliphatic rings. The van der Waals surface area contributed by atoms with Gasteiger partial charge in [0.15, 0.2) is 0 Å². The summed E-state index contributed by atoms with van der Waals surface area (Å²) in [7, 11) is 0. The van der Waals surface area contributed by atoms with Gasteiger partial charge < -0.3 is 13.9 Å². The summed E-state index contributed by atoms with van der Waals surface area (Å²) in [6.07, 6.45) is 4.48. The van der Waals surface area contributed by atoms with E-state index in [4.69, 9.17) is 4.74 Å². The van der Waals surface area contributed by atoms with Crippen molar-refractivity contribution in [1.29, 1.82) is 0 Å². The van der Waals surface area contributed by atoms with Gasteiger partial charge in [-0.15, -0.1) is 0 Å². The largest absolute Gasteiger partial charge is 0.462 e. The van der Waals surface area contributed by atoms with E-state index in [0.29, 0.717) is 11.4 Å². The zero-order chi connectivity index (χ0) is 18.0. The lowest BCUT2D eigenvalue weighted by atomic mass is 10.00. The molecule has 134 valence electrons. The molecule has 2 aromatic heterocycles. The summed E-state index contributed by atoms with van der Waals surface area (Å²) in [5, 5.41) is 0. The maximum atomic E-state index is 13.0. The molecule has 0 saturated heterocycles. The number of hydrogen-bond donors (Lipinski definition) is 0. The van der Waals surface area contributed by atoms with Gasteiger partial charge in [-0.2, -0.15) is 0 Å². The van der Waals surface area contributed by atoms with Crippen molar-refractivity contribution in [2.75, 3.05) is 0 Å². The smallest absolute Gasteiger partial charge is 0.315 e. The standard InChI is InChI=1S/C20H26N2O3/c1-4-21-12-7-9-17(21)19(23)18-11-10-16-15(20(24)25-14(2)3)8-5-6-13-22(16)18/h7,9-12,14-15H,4-6,8,13H2,1-3H3. The highest BCUT2D eigenvalue weighted by molar-refractivity contribution is 6.07. The molecule has 25 heavy (non-hydrogen) atoms. The summed E-state index contributed by atoms with van der Waals surface area (Å²) in [6, 6.07) is 7.52. The topological polar surface area (TPSA) is 53.2 Å². The molecule has 0 radical (unpaired) electrons. The van der Waals surface area contributed by atoms with Gasteiger partial charge in [0, 0.05) is 25.0 Å². The van der Waals surface area contributed by atoms with Crippen LogP contribution in [0.3, 0.4) is 0 Å². The first-order valence-corrected chi connectivity index (χ1v) is 9.12. The fourth-order valence-electron chi connectivity index (χ4n) is 3.58. The molecular weight excluding hydrogens is 316 g/mol. The lowest BCUT2D eigenvalue weighted by Crippen LogP contribution is -2.22. The van der Waals surface area contributed by atoms with E-state index in [2.05, 4.69) is 0 Å². The van der Waals surface area contributed by atoms with E-state index in [1.165, 1.54) is 0 Å². The van der Waals surface area contributed by atoms with Gasteiger partial charge in [-0.3, -0.25) is 9.59 Å². The first kappa shape index (κ1) is 17.5. The van der Waals surface area contributed by atoms with Crippen molar-refractivity contribution in [2.45, 2.75) is 65.1 Å². The Balaban J connectivity index is 1.96. The minimum atomic E-state index is -0.288. The Morgan fingerprint density at radius 1 is 1.20 bits per heavy atom. The van der Waals surface area contributed by atoms with Gasteiger partial charge in [-0.1, -0.05) is 6.42 Å². The molecule has 0 aromatic carbocycles.